The number of rotatable bonds is 4. The van der Waals surface area contributed by atoms with Crippen LogP contribution in [0.25, 0.3) is 33.5 Å². The number of hydrogen-bond donors (Lipinski definition) is 1. The third kappa shape index (κ3) is 2.83. The number of imidazole rings is 1. The average molecular weight is 330 g/mol. The Balaban J connectivity index is 1.76. The summed E-state index contributed by atoms with van der Waals surface area (Å²) in [5, 5.41) is 0. The molecule has 0 bridgehead atoms. The van der Waals surface area contributed by atoms with Crippen LogP contribution in [0.15, 0.2) is 66.7 Å². The quantitative estimate of drug-likeness (QED) is 0.578. The van der Waals surface area contributed by atoms with Crippen LogP contribution in [0.1, 0.15) is 0 Å². The van der Waals surface area contributed by atoms with Crippen LogP contribution in [0, 0.1) is 0 Å². The zero-order chi connectivity index (χ0) is 17.2. The van der Waals surface area contributed by atoms with Crippen LogP contribution in [0.5, 0.6) is 11.5 Å². The van der Waals surface area contributed by atoms with Crippen molar-refractivity contribution in [3.63, 3.8) is 0 Å². The molecule has 0 unspecified atom stereocenters. The Hall–Kier alpha value is -3.27. The van der Waals surface area contributed by atoms with Gasteiger partial charge in [-0.25, -0.2) is 4.98 Å². The maximum absolute atomic E-state index is 5.41. The van der Waals surface area contributed by atoms with E-state index in [1.54, 1.807) is 14.2 Å². The average Bonchev–Trinajstić information content (AvgIpc) is 3.12. The highest BCUT2D eigenvalue weighted by Crippen LogP contribution is 2.33. The van der Waals surface area contributed by atoms with E-state index in [4.69, 9.17) is 9.47 Å². The predicted octanol–water partition coefficient (Wildman–Crippen LogP) is 4.91. The molecule has 1 N–H and O–H groups in total. The van der Waals surface area contributed by atoms with Crippen LogP contribution < -0.4 is 9.47 Å². The van der Waals surface area contributed by atoms with E-state index in [0.717, 1.165) is 39.3 Å². The van der Waals surface area contributed by atoms with Crippen LogP contribution >= 0.6 is 0 Å². The fourth-order valence-electron chi connectivity index (χ4n) is 2.95. The number of methoxy groups -OCH3 is 2. The van der Waals surface area contributed by atoms with E-state index in [0.29, 0.717) is 5.75 Å². The molecule has 4 nitrogen and oxygen atoms in total. The number of hydrogen-bond acceptors (Lipinski definition) is 3. The standard InChI is InChI=1S/C21H18N2O2/c1-24-19-11-10-15(13-20(19)25-2)14-6-5-7-16(12-14)21-22-17-8-3-4-9-18(17)23-21/h3-13H,1-2H3,(H,22,23). The number of nitrogens with one attached hydrogen (secondary N) is 1. The van der Waals surface area contributed by atoms with Crippen molar-refractivity contribution in [1.82, 2.24) is 9.97 Å². The Morgan fingerprint density at radius 1 is 0.720 bits per heavy atom. The molecule has 0 radical (unpaired) electrons. The summed E-state index contributed by atoms with van der Waals surface area (Å²) >= 11 is 0. The van der Waals surface area contributed by atoms with E-state index in [1.807, 2.05) is 48.5 Å². The lowest BCUT2D eigenvalue weighted by Gasteiger charge is -2.10. The van der Waals surface area contributed by atoms with Crippen molar-refractivity contribution in [2.75, 3.05) is 14.2 Å². The van der Waals surface area contributed by atoms with Gasteiger partial charge in [0.05, 0.1) is 25.3 Å². The number of fused-ring (bicyclic) bond motifs is 1. The first-order valence-corrected chi connectivity index (χ1v) is 8.06. The zero-order valence-electron chi connectivity index (χ0n) is 14.1. The van der Waals surface area contributed by atoms with E-state index >= 15 is 0 Å². The van der Waals surface area contributed by atoms with E-state index in [2.05, 4.69) is 28.2 Å². The van der Waals surface area contributed by atoms with E-state index < -0.39 is 0 Å². The summed E-state index contributed by atoms with van der Waals surface area (Å²) < 4.78 is 10.7. The molecule has 0 amide bonds. The lowest BCUT2D eigenvalue weighted by atomic mass is 10.0. The summed E-state index contributed by atoms with van der Waals surface area (Å²) in [6.07, 6.45) is 0. The molecule has 25 heavy (non-hydrogen) atoms. The Morgan fingerprint density at radius 2 is 1.48 bits per heavy atom. The molecule has 0 fully saturated rings. The molecule has 4 aromatic rings. The Bertz CT molecular complexity index is 1000. The molecule has 0 saturated carbocycles. The van der Waals surface area contributed by atoms with Crippen LogP contribution in [0.4, 0.5) is 0 Å². The monoisotopic (exact) mass is 330 g/mol. The van der Waals surface area contributed by atoms with Crippen molar-refractivity contribution in [3.05, 3.63) is 66.7 Å². The highest BCUT2D eigenvalue weighted by molar-refractivity contribution is 5.80. The predicted molar refractivity (Wildman–Crippen MR) is 100 cm³/mol. The van der Waals surface area contributed by atoms with Crippen LogP contribution in [0.2, 0.25) is 0 Å². The SMILES string of the molecule is COc1ccc(-c2cccc(-c3nc4ccccc4[nH]3)c2)cc1OC. The van der Waals surface area contributed by atoms with E-state index in [9.17, 15) is 0 Å². The number of benzene rings is 3. The van der Waals surface area contributed by atoms with Gasteiger partial charge in [-0.2, -0.15) is 0 Å². The number of para-hydroxylation sites is 2. The molecule has 0 atom stereocenters. The van der Waals surface area contributed by atoms with Gasteiger partial charge in [0.2, 0.25) is 0 Å². The minimum atomic E-state index is 0.717. The Morgan fingerprint density at radius 3 is 2.28 bits per heavy atom. The first-order valence-electron chi connectivity index (χ1n) is 8.06. The summed E-state index contributed by atoms with van der Waals surface area (Å²) in [6.45, 7) is 0. The van der Waals surface area contributed by atoms with E-state index in [1.165, 1.54) is 0 Å². The van der Waals surface area contributed by atoms with Gasteiger partial charge in [0.1, 0.15) is 5.82 Å². The van der Waals surface area contributed by atoms with Gasteiger partial charge in [-0.1, -0.05) is 36.4 Å². The van der Waals surface area contributed by atoms with Gasteiger partial charge in [0.15, 0.2) is 11.5 Å². The molecule has 1 heterocycles. The van der Waals surface area contributed by atoms with Crippen molar-refractivity contribution >= 4 is 11.0 Å². The van der Waals surface area contributed by atoms with Crippen molar-refractivity contribution < 1.29 is 9.47 Å². The molecular formula is C21H18N2O2. The molecule has 4 heteroatoms. The maximum Gasteiger partial charge on any atom is 0.161 e. The summed E-state index contributed by atoms with van der Waals surface area (Å²) in [6, 6.07) is 22.3. The van der Waals surface area contributed by atoms with Gasteiger partial charge in [-0.3, -0.25) is 0 Å². The summed E-state index contributed by atoms with van der Waals surface area (Å²) in [5.74, 6) is 2.30. The van der Waals surface area contributed by atoms with Crippen molar-refractivity contribution in [3.8, 4) is 34.0 Å². The van der Waals surface area contributed by atoms with Gasteiger partial charge >= 0.3 is 0 Å². The first-order chi connectivity index (χ1) is 12.3. The van der Waals surface area contributed by atoms with Crippen molar-refractivity contribution in [1.29, 1.82) is 0 Å². The molecule has 0 aliphatic rings. The second-order valence-corrected chi connectivity index (χ2v) is 5.75. The maximum atomic E-state index is 5.41. The highest BCUT2D eigenvalue weighted by atomic mass is 16.5. The summed E-state index contributed by atoms with van der Waals surface area (Å²) in [5.41, 5.74) is 5.21. The molecule has 0 aliphatic carbocycles. The largest absolute Gasteiger partial charge is 0.493 e. The van der Waals surface area contributed by atoms with Crippen LogP contribution in [-0.2, 0) is 0 Å². The summed E-state index contributed by atoms with van der Waals surface area (Å²) in [7, 11) is 3.28. The second-order valence-electron chi connectivity index (χ2n) is 5.75. The lowest BCUT2D eigenvalue weighted by Crippen LogP contribution is -1.91. The topological polar surface area (TPSA) is 47.1 Å². The highest BCUT2D eigenvalue weighted by Gasteiger charge is 2.09. The smallest absolute Gasteiger partial charge is 0.161 e. The minimum Gasteiger partial charge on any atom is -0.493 e. The number of ether oxygens (including phenoxy) is 2. The molecule has 124 valence electrons. The first kappa shape index (κ1) is 15.3. The van der Waals surface area contributed by atoms with Crippen LogP contribution in [-0.4, -0.2) is 24.2 Å². The number of aromatic amines is 1. The normalized spacial score (nSPS) is 10.8. The Kier molecular flexibility index (Phi) is 3.86. The third-order valence-electron chi connectivity index (χ3n) is 4.24. The Labute approximate surface area is 146 Å². The van der Waals surface area contributed by atoms with Gasteiger partial charge in [-0.05, 0) is 41.5 Å². The lowest BCUT2D eigenvalue weighted by molar-refractivity contribution is 0.355. The van der Waals surface area contributed by atoms with Gasteiger partial charge in [0, 0.05) is 5.56 Å². The second kappa shape index (κ2) is 6.32. The summed E-state index contributed by atoms with van der Waals surface area (Å²) in [4.78, 5) is 8.05. The number of nitrogens with zero attached hydrogens (tertiary/aromatic N) is 1. The zero-order valence-corrected chi connectivity index (χ0v) is 14.1. The van der Waals surface area contributed by atoms with Crippen molar-refractivity contribution in [2.24, 2.45) is 0 Å². The minimum absolute atomic E-state index is 0.717. The molecule has 0 saturated heterocycles. The molecule has 0 aliphatic heterocycles. The molecular weight excluding hydrogens is 312 g/mol. The molecule has 4 rings (SSSR count). The van der Waals surface area contributed by atoms with Gasteiger partial charge in [0.25, 0.3) is 0 Å². The van der Waals surface area contributed by atoms with Crippen LogP contribution in [0.3, 0.4) is 0 Å². The molecule has 3 aromatic carbocycles. The van der Waals surface area contributed by atoms with Gasteiger partial charge in [-0.15, -0.1) is 0 Å². The van der Waals surface area contributed by atoms with E-state index in [-0.39, 0.29) is 0 Å². The number of aromatic nitrogens is 2. The number of H-pyrrole nitrogens is 1. The third-order valence-corrected chi connectivity index (χ3v) is 4.24. The fourth-order valence-corrected chi connectivity index (χ4v) is 2.95. The fraction of sp³-hybridized carbons (Fsp3) is 0.0952. The van der Waals surface area contributed by atoms with Crippen molar-refractivity contribution in [2.45, 2.75) is 0 Å². The molecule has 0 spiro atoms. The van der Waals surface area contributed by atoms with Gasteiger partial charge < -0.3 is 14.5 Å². The molecule has 1 aromatic heterocycles.